The molecule has 0 saturated heterocycles. The summed E-state index contributed by atoms with van der Waals surface area (Å²) in [7, 11) is 0. The van der Waals surface area contributed by atoms with Gasteiger partial charge in [0.25, 0.3) is 0 Å². The Hall–Kier alpha value is -2.13. The minimum absolute atomic E-state index is 0.0266. The highest BCUT2D eigenvalue weighted by Gasteiger charge is 2.17. The Bertz CT molecular complexity index is 412. The average Bonchev–Trinajstić information content (AvgIpc) is 2.20. The van der Waals surface area contributed by atoms with Crippen molar-refractivity contribution in [2.75, 3.05) is 10.7 Å². The Morgan fingerprint density at radius 3 is 2.81 bits per heavy atom. The summed E-state index contributed by atoms with van der Waals surface area (Å²) in [4.78, 5) is 14.7. The standard InChI is InChI=1S/C7H10N6O2S/c8-4-2-1-3-10-5(4)13(7(14)15)12-11-6(9)16/h1-3,12H,8H2,(H,14,15)(H3,9,11,16). The van der Waals surface area contributed by atoms with Gasteiger partial charge in [-0.05, 0) is 24.4 Å². The van der Waals surface area contributed by atoms with Gasteiger partial charge in [-0.1, -0.05) is 0 Å². The molecular weight excluding hydrogens is 232 g/mol. The van der Waals surface area contributed by atoms with E-state index < -0.39 is 6.09 Å². The summed E-state index contributed by atoms with van der Waals surface area (Å²) in [6.45, 7) is 0. The molecule has 16 heavy (non-hydrogen) atoms. The summed E-state index contributed by atoms with van der Waals surface area (Å²) < 4.78 is 0. The summed E-state index contributed by atoms with van der Waals surface area (Å²) in [5.74, 6) is 0.0266. The molecule has 0 atom stereocenters. The quantitative estimate of drug-likeness (QED) is 0.351. The molecule has 1 rings (SSSR count). The fourth-order valence-electron chi connectivity index (χ4n) is 0.899. The van der Waals surface area contributed by atoms with Crippen LogP contribution in [0.1, 0.15) is 0 Å². The van der Waals surface area contributed by atoms with Crippen LogP contribution < -0.4 is 27.4 Å². The number of anilines is 2. The molecule has 1 aromatic heterocycles. The van der Waals surface area contributed by atoms with Crippen molar-refractivity contribution in [2.45, 2.75) is 0 Å². The lowest BCUT2D eigenvalue weighted by Gasteiger charge is -2.20. The zero-order chi connectivity index (χ0) is 12.1. The molecule has 0 aliphatic heterocycles. The first-order valence-corrected chi connectivity index (χ1v) is 4.48. The van der Waals surface area contributed by atoms with Crippen LogP contribution in [0.4, 0.5) is 16.3 Å². The van der Waals surface area contributed by atoms with Crippen LogP contribution in [-0.2, 0) is 0 Å². The fraction of sp³-hybridized carbons (Fsp3) is 0. The molecule has 1 heterocycles. The van der Waals surface area contributed by atoms with Gasteiger partial charge in [-0.25, -0.2) is 9.78 Å². The molecule has 8 nitrogen and oxygen atoms in total. The van der Waals surface area contributed by atoms with E-state index in [-0.39, 0.29) is 16.6 Å². The molecule has 1 amide bonds. The van der Waals surface area contributed by atoms with Crippen molar-refractivity contribution in [2.24, 2.45) is 5.73 Å². The highest BCUT2D eigenvalue weighted by molar-refractivity contribution is 7.80. The molecule has 0 spiro atoms. The summed E-state index contributed by atoms with van der Waals surface area (Å²) >= 11 is 4.52. The second kappa shape index (κ2) is 5.09. The van der Waals surface area contributed by atoms with Crippen LogP contribution in [0.2, 0.25) is 0 Å². The highest BCUT2D eigenvalue weighted by atomic mass is 32.1. The summed E-state index contributed by atoms with van der Waals surface area (Å²) in [6, 6.07) is 3.10. The van der Waals surface area contributed by atoms with Crippen LogP contribution >= 0.6 is 12.2 Å². The molecule has 7 N–H and O–H groups in total. The third-order valence-corrected chi connectivity index (χ3v) is 1.61. The maximum atomic E-state index is 10.9. The number of nitrogens with two attached hydrogens (primary N) is 2. The molecule has 0 aliphatic carbocycles. The zero-order valence-corrected chi connectivity index (χ0v) is 8.86. The molecular formula is C7H10N6O2S. The van der Waals surface area contributed by atoms with E-state index in [0.717, 1.165) is 0 Å². The van der Waals surface area contributed by atoms with E-state index in [1.807, 2.05) is 0 Å². The SMILES string of the molecule is NC(=S)NNN(C(=O)O)c1ncccc1N. The number of thiocarbonyl (C=S) groups is 1. The van der Waals surface area contributed by atoms with Crippen LogP contribution in [0.5, 0.6) is 0 Å². The van der Waals surface area contributed by atoms with Crippen molar-refractivity contribution in [3.8, 4) is 0 Å². The number of nitrogens with zero attached hydrogens (tertiary/aromatic N) is 2. The van der Waals surface area contributed by atoms with Crippen molar-refractivity contribution in [3.05, 3.63) is 18.3 Å². The number of carboxylic acid groups (broad SMARTS) is 1. The van der Waals surface area contributed by atoms with Crippen molar-refractivity contribution in [3.63, 3.8) is 0 Å². The molecule has 0 bridgehead atoms. The normalized spacial score (nSPS) is 9.50. The number of carbonyl (C=O) groups is 1. The van der Waals surface area contributed by atoms with Crippen LogP contribution in [0.25, 0.3) is 0 Å². The van der Waals surface area contributed by atoms with Crippen LogP contribution in [-0.4, -0.2) is 21.3 Å². The maximum absolute atomic E-state index is 10.9. The van der Waals surface area contributed by atoms with Crippen molar-refractivity contribution in [1.29, 1.82) is 0 Å². The van der Waals surface area contributed by atoms with Crippen molar-refractivity contribution in [1.82, 2.24) is 15.9 Å². The zero-order valence-electron chi connectivity index (χ0n) is 8.04. The number of pyridine rings is 1. The first-order valence-electron chi connectivity index (χ1n) is 4.07. The highest BCUT2D eigenvalue weighted by Crippen LogP contribution is 2.16. The second-order valence-electron chi connectivity index (χ2n) is 2.64. The second-order valence-corrected chi connectivity index (χ2v) is 3.08. The van der Waals surface area contributed by atoms with E-state index in [0.29, 0.717) is 5.01 Å². The molecule has 0 aliphatic rings. The number of hydrazine groups is 2. The molecule has 0 aromatic carbocycles. The Balaban J connectivity index is 2.90. The molecule has 86 valence electrons. The van der Waals surface area contributed by atoms with Gasteiger partial charge in [-0.3, -0.25) is 5.43 Å². The Kier molecular flexibility index (Phi) is 3.80. The number of hydrogen-bond acceptors (Lipinski definition) is 5. The Labute approximate surface area is 96.2 Å². The van der Waals surface area contributed by atoms with E-state index in [1.165, 1.54) is 12.3 Å². The Morgan fingerprint density at radius 1 is 1.62 bits per heavy atom. The predicted octanol–water partition coefficient (Wildman–Crippen LogP) is -0.599. The number of hydrogen-bond donors (Lipinski definition) is 5. The van der Waals surface area contributed by atoms with Gasteiger partial charge in [0.15, 0.2) is 10.9 Å². The molecule has 0 saturated carbocycles. The van der Waals surface area contributed by atoms with Gasteiger partial charge in [0, 0.05) is 6.20 Å². The van der Waals surface area contributed by atoms with Gasteiger partial charge in [0.2, 0.25) is 0 Å². The van der Waals surface area contributed by atoms with Gasteiger partial charge >= 0.3 is 6.09 Å². The number of amides is 1. The fourth-order valence-corrected chi connectivity index (χ4v) is 0.944. The minimum Gasteiger partial charge on any atom is -0.464 e. The third-order valence-electron chi connectivity index (χ3n) is 1.51. The first-order chi connectivity index (χ1) is 7.52. The number of aromatic nitrogens is 1. The van der Waals surface area contributed by atoms with Crippen LogP contribution in [0, 0.1) is 0 Å². The third kappa shape index (κ3) is 2.93. The first kappa shape index (κ1) is 11.9. The monoisotopic (exact) mass is 242 g/mol. The molecule has 0 unspecified atom stereocenters. The number of rotatable bonds is 3. The van der Waals surface area contributed by atoms with E-state index in [4.69, 9.17) is 16.6 Å². The van der Waals surface area contributed by atoms with E-state index in [2.05, 4.69) is 28.2 Å². The van der Waals surface area contributed by atoms with E-state index >= 15 is 0 Å². The topological polar surface area (TPSA) is 130 Å². The van der Waals surface area contributed by atoms with E-state index in [1.54, 1.807) is 6.07 Å². The van der Waals surface area contributed by atoms with Gasteiger partial charge in [0.05, 0.1) is 5.69 Å². The van der Waals surface area contributed by atoms with Gasteiger partial charge in [-0.2, -0.15) is 5.01 Å². The number of nitrogens with one attached hydrogen (secondary N) is 2. The predicted molar refractivity (Wildman–Crippen MR) is 62.2 cm³/mol. The average molecular weight is 242 g/mol. The van der Waals surface area contributed by atoms with E-state index in [9.17, 15) is 4.79 Å². The van der Waals surface area contributed by atoms with Crippen molar-refractivity contribution < 1.29 is 9.90 Å². The number of nitrogen functional groups attached to an aromatic ring is 1. The molecule has 0 fully saturated rings. The minimum atomic E-state index is -1.31. The lowest BCUT2D eigenvalue weighted by molar-refractivity contribution is 0.197. The van der Waals surface area contributed by atoms with Gasteiger partial charge < -0.3 is 16.6 Å². The maximum Gasteiger partial charge on any atom is 0.429 e. The van der Waals surface area contributed by atoms with Crippen LogP contribution in [0.15, 0.2) is 18.3 Å². The molecule has 9 heteroatoms. The smallest absolute Gasteiger partial charge is 0.429 e. The molecule has 0 radical (unpaired) electrons. The largest absolute Gasteiger partial charge is 0.464 e. The van der Waals surface area contributed by atoms with Gasteiger partial charge in [0.1, 0.15) is 0 Å². The Morgan fingerprint density at radius 2 is 2.31 bits per heavy atom. The lowest BCUT2D eigenvalue weighted by atomic mass is 10.4. The summed E-state index contributed by atoms with van der Waals surface area (Å²) in [5.41, 5.74) is 15.4. The summed E-state index contributed by atoms with van der Waals surface area (Å²) in [6.07, 6.45) is 0.0959. The van der Waals surface area contributed by atoms with Crippen molar-refractivity contribution >= 4 is 34.9 Å². The molecule has 1 aromatic rings. The lowest BCUT2D eigenvalue weighted by Crippen LogP contribution is -2.54. The van der Waals surface area contributed by atoms with Crippen LogP contribution in [0.3, 0.4) is 0 Å². The summed E-state index contributed by atoms with van der Waals surface area (Å²) in [5, 5.41) is 9.46. The van der Waals surface area contributed by atoms with Gasteiger partial charge in [-0.15, -0.1) is 5.53 Å².